The Morgan fingerprint density at radius 2 is 1.93 bits per heavy atom. The summed E-state index contributed by atoms with van der Waals surface area (Å²) in [6.07, 6.45) is 0. The van der Waals surface area contributed by atoms with Crippen LogP contribution < -0.4 is 5.56 Å². The van der Waals surface area contributed by atoms with Gasteiger partial charge in [-0.15, -0.1) is 5.10 Å². The number of tetrazole rings is 1. The predicted octanol–water partition coefficient (Wildman–Crippen LogP) is 1.88. The average molecular weight is 384 g/mol. The minimum absolute atomic E-state index is 0.0131. The Bertz CT molecular complexity index is 1030. The summed E-state index contributed by atoms with van der Waals surface area (Å²) < 4.78 is 1.77. The number of rotatable bonds is 6. The smallest absolute Gasteiger partial charge is 0.252 e. The van der Waals surface area contributed by atoms with Gasteiger partial charge in [-0.1, -0.05) is 6.07 Å². The molecule has 2 aromatic heterocycles. The van der Waals surface area contributed by atoms with Gasteiger partial charge in [-0.3, -0.25) is 9.69 Å². The van der Waals surface area contributed by atoms with Gasteiger partial charge >= 0.3 is 0 Å². The van der Waals surface area contributed by atoms with E-state index in [2.05, 4.69) is 26.6 Å². The maximum Gasteiger partial charge on any atom is 0.252 e. The van der Waals surface area contributed by atoms with Gasteiger partial charge < -0.3 is 10.1 Å². The van der Waals surface area contributed by atoms with E-state index in [4.69, 9.17) is 0 Å². The zero-order valence-corrected chi connectivity index (χ0v) is 17.2. The average Bonchev–Trinajstić information content (AvgIpc) is 3.04. The molecule has 150 valence electrons. The highest BCUT2D eigenvalue weighted by Gasteiger charge is 2.22. The van der Waals surface area contributed by atoms with Gasteiger partial charge in [0.25, 0.3) is 5.56 Å². The lowest BCUT2D eigenvalue weighted by Gasteiger charge is -2.24. The van der Waals surface area contributed by atoms with Gasteiger partial charge in [0.2, 0.25) is 0 Å². The van der Waals surface area contributed by atoms with E-state index in [1.54, 1.807) is 4.68 Å². The van der Waals surface area contributed by atoms with E-state index in [1.807, 2.05) is 51.7 Å². The van der Waals surface area contributed by atoms with E-state index >= 15 is 0 Å². The summed E-state index contributed by atoms with van der Waals surface area (Å²) in [5.74, 6) is 0.699. The molecule has 0 amide bonds. The van der Waals surface area contributed by atoms with Gasteiger partial charge in [0.05, 0.1) is 18.7 Å². The monoisotopic (exact) mass is 384 g/mol. The SMILES string of the molecule is Cc1cc(C)c2cc(CN(CCO)Cc3nnnn3C(C)(C)C)c(=O)[nH]c2c1. The molecule has 0 saturated heterocycles. The van der Waals surface area contributed by atoms with Crippen LogP contribution in [0.25, 0.3) is 10.9 Å². The zero-order valence-electron chi connectivity index (χ0n) is 17.2. The van der Waals surface area contributed by atoms with Crippen LogP contribution in [0.1, 0.15) is 43.3 Å². The molecule has 0 fully saturated rings. The largest absolute Gasteiger partial charge is 0.395 e. The molecule has 0 spiro atoms. The van der Waals surface area contributed by atoms with Crippen molar-refractivity contribution in [1.82, 2.24) is 30.1 Å². The summed E-state index contributed by atoms with van der Waals surface area (Å²) in [6, 6.07) is 6.03. The van der Waals surface area contributed by atoms with Crippen LogP contribution in [0.15, 0.2) is 23.0 Å². The number of fused-ring (bicyclic) bond motifs is 1. The standard InChI is InChI=1S/C20H28N6O2/c1-13-8-14(2)16-10-15(19(28)21-17(16)9-13)11-25(6-7-27)12-18-22-23-24-26(18)20(3,4)5/h8-10,27H,6-7,11-12H2,1-5H3,(H,21,28). The van der Waals surface area contributed by atoms with Gasteiger partial charge in [-0.25, -0.2) is 4.68 Å². The highest BCUT2D eigenvalue weighted by Crippen LogP contribution is 2.20. The van der Waals surface area contributed by atoms with Crippen molar-refractivity contribution in [1.29, 1.82) is 0 Å². The third-order valence-electron chi connectivity index (χ3n) is 4.73. The minimum Gasteiger partial charge on any atom is -0.395 e. The van der Waals surface area contributed by atoms with E-state index in [9.17, 15) is 9.90 Å². The van der Waals surface area contributed by atoms with Gasteiger partial charge in [-0.05, 0) is 68.3 Å². The lowest BCUT2D eigenvalue weighted by molar-refractivity contribution is 0.174. The molecule has 0 aliphatic carbocycles. The molecule has 2 N–H and O–H groups in total. The topological polar surface area (TPSA) is 99.9 Å². The second kappa shape index (κ2) is 7.81. The summed E-state index contributed by atoms with van der Waals surface area (Å²) in [5.41, 5.74) is 3.37. The number of nitrogens with zero attached hydrogens (tertiary/aromatic N) is 5. The molecule has 3 aromatic rings. The summed E-state index contributed by atoms with van der Waals surface area (Å²) in [6.45, 7) is 11.4. The van der Waals surface area contributed by atoms with Crippen LogP contribution in [0.2, 0.25) is 0 Å². The number of hydrogen-bond acceptors (Lipinski definition) is 6. The molecule has 1 aromatic carbocycles. The number of benzene rings is 1. The number of aliphatic hydroxyl groups is 1. The lowest BCUT2D eigenvalue weighted by atomic mass is 10.0. The van der Waals surface area contributed by atoms with E-state index < -0.39 is 0 Å². The summed E-state index contributed by atoms with van der Waals surface area (Å²) in [7, 11) is 0. The molecule has 0 radical (unpaired) electrons. The fourth-order valence-electron chi connectivity index (χ4n) is 3.46. The zero-order chi connectivity index (χ0) is 20.5. The van der Waals surface area contributed by atoms with E-state index in [1.165, 1.54) is 0 Å². The van der Waals surface area contributed by atoms with Crippen LogP contribution in [0.5, 0.6) is 0 Å². The molecule has 0 aliphatic heterocycles. The molecule has 8 nitrogen and oxygen atoms in total. The minimum atomic E-state index is -0.251. The molecule has 0 saturated carbocycles. The van der Waals surface area contributed by atoms with Crippen molar-refractivity contribution in [3.63, 3.8) is 0 Å². The third kappa shape index (κ3) is 4.28. The molecule has 0 aliphatic rings. The van der Waals surface area contributed by atoms with Crippen LogP contribution in [0.3, 0.4) is 0 Å². The fraction of sp³-hybridized carbons (Fsp3) is 0.500. The Hall–Kier alpha value is -2.58. The quantitative estimate of drug-likeness (QED) is 0.673. The third-order valence-corrected chi connectivity index (χ3v) is 4.73. The van der Waals surface area contributed by atoms with E-state index in [-0.39, 0.29) is 17.7 Å². The van der Waals surface area contributed by atoms with E-state index in [0.717, 1.165) is 22.0 Å². The fourth-order valence-corrected chi connectivity index (χ4v) is 3.46. The van der Waals surface area contributed by atoms with Crippen molar-refractivity contribution < 1.29 is 5.11 Å². The summed E-state index contributed by atoms with van der Waals surface area (Å²) in [5, 5.41) is 22.5. The Labute approximate surface area is 164 Å². The van der Waals surface area contributed by atoms with Crippen LogP contribution in [-0.2, 0) is 18.6 Å². The molecule has 28 heavy (non-hydrogen) atoms. The molecule has 2 heterocycles. The molecule has 0 bridgehead atoms. The number of nitrogens with one attached hydrogen (secondary N) is 1. The lowest BCUT2D eigenvalue weighted by Crippen LogP contribution is -2.33. The molecular formula is C20H28N6O2. The first-order valence-corrected chi connectivity index (χ1v) is 9.43. The van der Waals surface area contributed by atoms with Crippen molar-refractivity contribution in [2.75, 3.05) is 13.2 Å². The van der Waals surface area contributed by atoms with Crippen molar-refractivity contribution in [3.05, 3.63) is 51.1 Å². The van der Waals surface area contributed by atoms with E-state index in [0.29, 0.717) is 31.0 Å². The molecule has 8 heteroatoms. The predicted molar refractivity (Wildman–Crippen MR) is 108 cm³/mol. The van der Waals surface area contributed by atoms with Crippen molar-refractivity contribution in [3.8, 4) is 0 Å². The first-order chi connectivity index (χ1) is 13.2. The Morgan fingerprint density at radius 1 is 1.18 bits per heavy atom. The number of aromatic amines is 1. The maximum absolute atomic E-state index is 12.6. The first-order valence-electron chi connectivity index (χ1n) is 9.43. The van der Waals surface area contributed by atoms with Crippen molar-refractivity contribution in [2.45, 2.75) is 53.2 Å². The number of aromatic nitrogens is 5. The first kappa shape index (κ1) is 20.2. The Balaban J connectivity index is 1.92. The number of aryl methyl sites for hydroxylation is 2. The Morgan fingerprint density at radius 3 is 2.61 bits per heavy atom. The number of H-pyrrole nitrogens is 1. The molecular weight excluding hydrogens is 356 g/mol. The highest BCUT2D eigenvalue weighted by atomic mass is 16.3. The molecule has 0 unspecified atom stereocenters. The van der Waals surface area contributed by atoms with Gasteiger partial charge in [0.15, 0.2) is 5.82 Å². The maximum atomic E-state index is 12.6. The highest BCUT2D eigenvalue weighted by molar-refractivity contribution is 5.83. The number of aliphatic hydroxyl groups excluding tert-OH is 1. The van der Waals surface area contributed by atoms with Crippen molar-refractivity contribution in [2.24, 2.45) is 0 Å². The van der Waals surface area contributed by atoms with Crippen LogP contribution >= 0.6 is 0 Å². The van der Waals surface area contributed by atoms with Crippen LogP contribution in [-0.4, -0.2) is 48.3 Å². The second-order valence-electron chi connectivity index (χ2n) is 8.28. The van der Waals surface area contributed by atoms with Crippen LogP contribution in [0, 0.1) is 13.8 Å². The van der Waals surface area contributed by atoms with Gasteiger partial charge in [-0.2, -0.15) is 0 Å². The van der Waals surface area contributed by atoms with Gasteiger partial charge in [0.1, 0.15) is 0 Å². The van der Waals surface area contributed by atoms with Crippen molar-refractivity contribution >= 4 is 10.9 Å². The number of pyridine rings is 1. The normalized spacial score (nSPS) is 12.2. The Kier molecular flexibility index (Phi) is 5.62. The van der Waals surface area contributed by atoms with Gasteiger partial charge in [0, 0.05) is 29.6 Å². The second-order valence-corrected chi connectivity index (χ2v) is 8.28. The van der Waals surface area contributed by atoms with Crippen LogP contribution in [0.4, 0.5) is 0 Å². The summed E-state index contributed by atoms with van der Waals surface area (Å²) >= 11 is 0. The summed E-state index contributed by atoms with van der Waals surface area (Å²) in [4.78, 5) is 17.6. The molecule has 0 atom stereocenters. The number of hydrogen-bond donors (Lipinski definition) is 2. The molecule has 3 rings (SSSR count).